The molecule has 20 heavy (non-hydrogen) atoms. The molecule has 2 heteroatoms. The molecular weight excluding hydrogens is 246 g/mol. The van der Waals surface area contributed by atoms with Crippen molar-refractivity contribution in [3.05, 3.63) is 34.9 Å². The SMILES string of the molecule is Cc1ccc2c(c1)C1CCCC3CCN(C=O)[C@@H](C2)C31. The van der Waals surface area contributed by atoms with Crippen molar-refractivity contribution in [1.82, 2.24) is 4.90 Å². The third-order valence-electron chi connectivity index (χ3n) is 5.99. The minimum atomic E-state index is 0.465. The Morgan fingerprint density at radius 1 is 1.25 bits per heavy atom. The highest BCUT2D eigenvalue weighted by Crippen LogP contribution is 2.51. The molecule has 1 aliphatic heterocycles. The second-order valence-electron chi connectivity index (χ2n) is 6.98. The fourth-order valence-electron chi connectivity index (χ4n) is 5.15. The quantitative estimate of drug-likeness (QED) is 0.716. The summed E-state index contributed by atoms with van der Waals surface area (Å²) in [6.07, 6.45) is 7.47. The molecule has 1 heterocycles. The highest BCUT2D eigenvalue weighted by molar-refractivity contribution is 5.50. The number of nitrogens with zero attached hydrogens (tertiary/aromatic N) is 1. The zero-order valence-corrected chi connectivity index (χ0v) is 12.2. The number of aryl methyl sites for hydroxylation is 1. The molecule has 2 aliphatic carbocycles. The lowest BCUT2D eigenvalue weighted by atomic mass is 9.59. The van der Waals surface area contributed by atoms with Crippen molar-refractivity contribution in [2.75, 3.05) is 6.54 Å². The number of piperidine rings is 1. The number of rotatable bonds is 1. The Hall–Kier alpha value is -1.31. The van der Waals surface area contributed by atoms with Crippen LogP contribution in [0.3, 0.4) is 0 Å². The first-order chi connectivity index (χ1) is 9.78. The molecule has 4 atom stereocenters. The Morgan fingerprint density at radius 2 is 2.15 bits per heavy atom. The third-order valence-corrected chi connectivity index (χ3v) is 5.99. The van der Waals surface area contributed by atoms with Crippen LogP contribution in [0, 0.1) is 18.8 Å². The summed E-state index contributed by atoms with van der Waals surface area (Å²) in [4.78, 5) is 13.5. The van der Waals surface area contributed by atoms with E-state index in [1.807, 2.05) is 0 Å². The van der Waals surface area contributed by atoms with Crippen LogP contribution in [0.2, 0.25) is 0 Å². The molecule has 0 aromatic heterocycles. The van der Waals surface area contributed by atoms with E-state index in [1.165, 1.54) is 36.8 Å². The fraction of sp³-hybridized carbons (Fsp3) is 0.611. The van der Waals surface area contributed by atoms with E-state index in [4.69, 9.17) is 0 Å². The largest absolute Gasteiger partial charge is 0.342 e. The van der Waals surface area contributed by atoms with Crippen LogP contribution in [0.4, 0.5) is 0 Å². The lowest BCUT2D eigenvalue weighted by Gasteiger charge is -2.53. The summed E-state index contributed by atoms with van der Waals surface area (Å²) in [5.41, 5.74) is 4.48. The molecule has 2 nitrogen and oxygen atoms in total. The van der Waals surface area contributed by atoms with E-state index in [1.54, 1.807) is 5.56 Å². The maximum Gasteiger partial charge on any atom is 0.209 e. The molecule has 0 N–H and O–H groups in total. The molecule has 3 aliphatic rings. The van der Waals surface area contributed by atoms with Crippen molar-refractivity contribution in [2.45, 2.75) is 51.0 Å². The van der Waals surface area contributed by atoms with Gasteiger partial charge in [0, 0.05) is 12.6 Å². The van der Waals surface area contributed by atoms with Gasteiger partial charge >= 0.3 is 0 Å². The topological polar surface area (TPSA) is 20.3 Å². The van der Waals surface area contributed by atoms with Crippen LogP contribution in [-0.2, 0) is 11.2 Å². The molecule has 4 rings (SSSR count). The maximum absolute atomic E-state index is 11.4. The number of likely N-dealkylation sites (tertiary alicyclic amines) is 1. The van der Waals surface area contributed by atoms with E-state index in [0.29, 0.717) is 12.0 Å². The van der Waals surface area contributed by atoms with Gasteiger partial charge in [-0.15, -0.1) is 0 Å². The highest BCUT2D eigenvalue weighted by Gasteiger charge is 2.47. The molecule has 0 bridgehead atoms. The minimum Gasteiger partial charge on any atom is -0.342 e. The van der Waals surface area contributed by atoms with Gasteiger partial charge in [-0.05, 0) is 61.5 Å². The Bertz CT molecular complexity index is 538. The molecule has 1 saturated carbocycles. The number of hydrogen-bond donors (Lipinski definition) is 0. The van der Waals surface area contributed by atoms with Gasteiger partial charge in [0.1, 0.15) is 0 Å². The van der Waals surface area contributed by atoms with Crippen LogP contribution in [0.25, 0.3) is 0 Å². The molecule has 1 saturated heterocycles. The molecule has 2 fully saturated rings. The van der Waals surface area contributed by atoms with Gasteiger partial charge in [-0.25, -0.2) is 0 Å². The summed E-state index contributed by atoms with van der Waals surface area (Å²) in [5, 5.41) is 0. The van der Waals surface area contributed by atoms with Gasteiger partial charge < -0.3 is 4.90 Å². The molecule has 0 radical (unpaired) electrons. The molecule has 106 valence electrons. The van der Waals surface area contributed by atoms with E-state index in [0.717, 1.165) is 31.2 Å². The summed E-state index contributed by atoms with van der Waals surface area (Å²) in [6, 6.07) is 7.42. The van der Waals surface area contributed by atoms with Crippen LogP contribution in [-0.4, -0.2) is 23.9 Å². The van der Waals surface area contributed by atoms with Gasteiger partial charge in [0.05, 0.1) is 0 Å². The Morgan fingerprint density at radius 3 is 3.00 bits per heavy atom. The van der Waals surface area contributed by atoms with Crippen LogP contribution < -0.4 is 0 Å². The predicted octanol–water partition coefficient (Wildman–Crippen LogP) is 3.28. The van der Waals surface area contributed by atoms with Gasteiger partial charge in [0.25, 0.3) is 0 Å². The number of carbonyl (C=O) groups excluding carboxylic acids is 1. The maximum atomic E-state index is 11.4. The molecule has 1 amide bonds. The summed E-state index contributed by atoms with van der Waals surface area (Å²) in [5.74, 6) is 2.27. The van der Waals surface area contributed by atoms with Gasteiger partial charge in [0.2, 0.25) is 6.41 Å². The van der Waals surface area contributed by atoms with E-state index in [2.05, 4.69) is 30.0 Å². The van der Waals surface area contributed by atoms with Crippen molar-refractivity contribution in [3.8, 4) is 0 Å². The summed E-state index contributed by atoms with van der Waals surface area (Å²) < 4.78 is 0. The average molecular weight is 269 g/mol. The van der Waals surface area contributed by atoms with Gasteiger partial charge in [-0.1, -0.05) is 30.2 Å². The van der Waals surface area contributed by atoms with E-state index in [-0.39, 0.29) is 0 Å². The van der Waals surface area contributed by atoms with Gasteiger partial charge in [0.15, 0.2) is 0 Å². The van der Waals surface area contributed by atoms with Crippen molar-refractivity contribution in [1.29, 1.82) is 0 Å². The van der Waals surface area contributed by atoms with Crippen molar-refractivity contribution >= 4 is 6.41 Å². The highest BCUT2D eigenvalue weighted by atomic mass is 16.1. The fourth-order valence-corrected chi connectivity index (χ4v) is 5.15. The summed E-state index contributed by atoms with van der Waals surface area (Å²) in [7, 11) is 0. The lowest BCUT2D eigenvalue weighted by Crippen LogP contribution is -2.54. The van der Waals surface area contributed by atoms with E-state index in [9.17, 15) is 4.79 Å². The molecule has 1 aromatic carbocycles. The number of fused-ring (bicyclic) bond motifs is 2. The number of carbonyl (C=O) groups is 1. The Kier molecular flexibility index (Phi) is 2.87. The first kappa shape index (κ1) is 12.4. The standard InChI is InChI=1S/C18H23NO/c1-12-5-6-14-10-17-18-13(7-8-19(17)11-20)3-2-4-15(18)16(14)9-12/h5-6,9,11,13,15,17-18H,2-4,7-8,10H2,1H3/t13?,15?,17-,18?/m0/s1. The molecule has 3 unspecified atom stereocenters. The van der Waals surface area contributed by atoms with Crippen molar-refractivity contribution in [2.24, 2.45) is 11.8 Å². The second kappa shape index (κ2) is 4.61. The zero-order chi connectivity index (χ0) is 13.7. The monoisotopic (exact) mass is 269 g/mol. The summed E-state index contributed by atoms with van der Waals surface area (Å²) >= 11 is 0. The van der Waals surface area contributed by atoms with E-state index >= 15 is 0 Å². The normalized spacial score (nSPS) is 35.1. The lowest BCUT2D eigenvalue weighted by molar-refractivity contribution is -0.126. The third kappa shape index (κ3) is 1.73. The van der Waals surface area contributed by atoms with Gasteiger partial charge in [-0.2, -0.15) is 0 Å². The predicted molar refractivity (Wildman–Crippen MR) is 79.6 cm³/mol. The minimum absolute atomic E-state index is 0.465. The van der Waals surface area contributed by atoms with Gasteiger partial charge in [-0.3, -0.25) is 4.79 Å². The van der Waals surface area contributed by atoms with Crippen LogP contribution in [0.1, 0.15) is 48.3 Å². The second-order valence-corrected chi connectivity index (χ2v) is 6.98. The van der Waals surface area contributed by atoms with E-state index < -0.39 is 0 Å². The van der Waals surface area contributed by atoms with Crippen molar-refractivity contribution < 1.29 is 4.79 Å². The Balaban J connectivity index is 1.80. The Labute approximate surface area is 121 Å². The summed E-state index contributed by atoms with van der Waals surface area (Å²) in [6.45, 7) is 3.18. The molecular formula is C18H23NO. The van der Waals surface area contributed by atoms with Crippen LogP contribution in [0.15, 0.2) is 18.2 Å². The molecule has 0 spiro atoms. The van der Waals surface area contributed by atoms with Crippen LogP contribution >= 0.6 is 0 Å². The zero-order valence-electron chi connectivity index (χ0n) is 12.2. The number of benzene rings is 1. The smallest absolute Gasteiger partial charge is 0.209 e. The number of amides is 1. The van der Waals surface area contributed by atoms with Crippen molar-refractivity contribution in [3.63, 3.8) is 0 Å². The molecule has 1 aromatic rings. The number of hydrogen-bond acceptors (Lipinski definition) is 1. The average Bonchev–Trinajstić information content (AvgIpc) is 2.48. The first-order valence-electron chi connectivity index (χ1n) is 8.08. The first-order valence-corrected chi connectivity index (χ1v) is 8.08. The van der Waals surface area contributed by atoms with Crippen LogP contribution in [0.5, 0.6) is 0 Å².